The van der Waals surface area contributed by atoms with E-state index in [0.29, 0.717) is 23.0 Å². The van der Waals surface area contributed by atoms with E-state index in [-0.39, 0.29) is 0 Å². The van der Waals surface area contributed by atoms with E-state index in [1.165, 1.54) is 0 Å². The Bertz CT molecular complexity index is 420. The summed E-state index contributed by atoms with van der Waals surface area (Å²) in [6.07, 6.45) is 3.87. The van der Waals surface area contributed by atoms with Crippen LogP contribution < -0.4 is 9.47 Å². The maximum atomic E-state index is 6.07. The summed E-state index contributed by atoms with van der Waals surface area (Å²) in [5, 5.41) is 0.576. The summed E-state index contributed by atoms with van der Waals surface area (Å²) in [6, 6.07) is 3.76. The molecule has 1 aliphatic rings. The first-order chi connectivity index (χ1) is 8.69. The minimum absolute atomic E-state index is 0.404. The van der Waals surface area contributed by atoms with E-state index in [1.54, 1.807) is 20.3 Å². The van der Waals surface area contributed by atoms with Crippen LogP contribution in [0.25, 0.3) is 0 Å². The van der Waals surface area contributed by atoms with Crippen molar-refractivity contribution in [2.24, 2.45) is 0 Å². The number of benzene rings is 1. The fourth-order valence-electron chi connectivity index (χ4n) is 2.21. The highest BCUT2D eigenvalue weighted by Gasteiger charge is 2.36. The Morgan fingerprint density at radius 2 is 1.89 bits per heavy atom. The van der Waals surface area contributed by atoms with Crippen molar-refractivity contribution in [2.75, 3.05) is 14.2 Å². The zero-order valence-electron chi connectivity index (χ0n) is 11.0. The molecule has 2 rings (SSSR count). The van der Waals surface area contributed by atoms with Crippen LogP contribution >= 0.6 is 11.6 Å². The van der Waals surface area contributed by atoms with Crippen LogP contribution in [-0.4, -0.2) is 26.4 Å². The second-order valence-electron chi connectivity index (χ2n) is 4.46. The number of rotatable bonds is 6. The average Bonchev–Trinajstić information content (AvgIpc) is 3.15. The number of hydrogen-bond acceptors (Lipinski definition) is 3. The van der Waals surface area contributed by atoms with Gasteiger partial charge < -0.3 is 14.2 Å². The average molecular weight is 271 g/mol. The summed E-state index contributed by atoms with van der Waals surface area (Å²) in [7, 11) is 3.28. The molecule has 0 radical (unpaired) electrons. The van der Waals surface area contributed by atoms with E-state index < -0.39 is 0 Å². The summed E-state index contributed by atoms with van der Waals surface area (Å²) in [6.45, 7) is 2.15. The van der Waals surface area contributed by atoms with Crippen molar-refractivity contribution >= 4 is 11.6 Å². The number of hydrogen-bond donors (Lipinski definition) is 0. The van der Waals surface area contributed by atoms with Crippen LogP contribution in [0.4, 0.5) is 0 Å². The standard InChI is InChI=1S/C14H19ClO3/c1-4-11-12(18-11)6-5-9-7-14(17-3)10(15)8-13(9)16-2/h7-8,11-12H,4-6H2,1-3H3. The molecule has 2 unspecified atom stereocenters. The van der Waals surface area contributed by atoms with E-state index in [0.717, 1.165) is 30.6 Å². The summed E-state index contributed by atoms with van der Waals surface area (Å²) in [5.74, 6) is 1.51. The first-order valence-electron chi connectivity index (χ1n) is 6.25. The number of aryl methyl sites for hydroxylation is 1. The topological polar surface area (TPSA) is 31.0 Å². The quantitative estimate of drug-likeness (QED) is 0.742. The Morgan fingerprint density at radius 3 is 2.44 bits per heavy atom. The Hall–Kier alpha value is -0.930. The molecule has 100 valence electrons. The van der Waals surface area contributed by atoms with Crippen molar-refractivity contribution in [2.45, 2.75) is 38.4 Å². The van der Waals surface area contributed by atoms with Crippen molar-refractivity contribution in [3.05, 3.63) is 22.7 Å². The van der Waals surface area contributed by atoms with Gasteiger partial charge in [0.05, 0.1) is 31.5 Å². The van der Waals surface area contributed by atoms with Gasteiger partial charge in [0.15, 0.2) is 0 Å². The van der Waals surface area contributed by atoms with E-state index in [4.69, 9.17) is 25.8 Å². The van der Waals surface area contributed by atoms with E-state index in [9.17, 15) is 0 Å². The molecule has 0 N–H and O–H groups in total. The fourth-order valence-corrected chi connectivity index (χ4v) is 2.44. The van der Waals surface area contributed by atoms with Gasteiger partial charge in [-0.1, -0.05) is 18.5 Å². The zero-order chi connectivity index (χ0) is 13.1. The molecule has 0 amide bonds. The highest BCUT2D eigenvalue weighted by atomic mass is 35.5. The van der Waals surface area contributed by atoms with Gasteiger partial charge in [-0.3, -0.25) is 0 Å². The molecule has 0 saturated carbocycles. The predicted octanol–water partition coefficient (Wildman–Crippen LogP) is 3.47. The van der Waals surface area contributed by atoms with E-state index in [2.05, 4.69) is 6.92 Å². The van der Waals surface area contributed by atoms with Crippen LogP contribution in [0.3, 0.4) is 0 Å². The second kappa shape index (κ2) is 5.81. The lowest BCUT2D eigenvalue weighted by atomic mass is 10.0. The van der Waals surface area contributed by atoms with Crippen molar-refractivity contribution < 1.29 is 14.2 Å². The second-order valence-corrected chi connectivity index (χ2v) is 4.87. The third kappa shape index (κ3) is 2.90. The third-order valence-corrected chi connectivity index (χ3v) is 3.64. The summed E-state index contributed by atoms with van der Waals surface area (Å²) in [5.41, 5.74) is 1.11. The van der Waals surface area contributed by atoms with E-state index in [1.807, 2.05) is 6.07 Å². The Morgan fingerprint density at radius 1 is 1.17 bits per heavy atom. The van der Waals surface area contributed by atoms with Gasteiger partial charge >= 0.3 is 0 Å². The Balaban J connectivity index is 2.06. The monoisotopic (exact) mass is 270 g/mol. The van der Waals surface area contributed by atoms with Gasteiger partial charge in [0.1, 0.15) is 11.5 Å². The lowest BCUT2D eigenvalue weighted by Gasteiger charge is -2.11. The molecular formula is C14H19ClO3. The number of halogens is 1. The van der Waals surface area contributed by atoms with Gasteiger partial charge in [-0.15, -0.1) is 0 Å². The van der Waals surface area contributed by atoms with Gasteiger partial charge in [0, 0.05) is 6.07 Å². The Labute approximate surface area is 113 Å². The van der Waals surface area contributed by atoms with Gasteiger partial charge in [-0.25, -0.2) is 0 Å². The van der Waals surface area contributed by atoms with Crippen molar-refractivity contribution in [3.63, 3.8) is 0 Å². The largest absolute Gasteiger partial charge is 0.496 e. The molecule has 3 nitrogen and oxygen atoms in total. The fraction of sp³-hybridized carbons (Fsp3) is 0.571. The maximum absolute atomic E-state index is 6.07. The lowest BCUT2D eigenvalue weighted by Crippen LogP contribution is -1.99. The number of methoxy groups -OCH3 is 2. The highest BCUT2D eigenvalue weighted by Crippen LogP contribution is 2.35. The highest BCUT2D eigenvalue weighted by molar-refractivity contribution is 6.32. The first-order valence-corrected chi connectivity index (χ1v) is 6.63. The minimum atomic E-state index is 0.404. The molecule has 18 heavy (non-hydrogen) atoms. The van der Waals surface area contributed by atoms with Gasteiger partial charge in [-0.2, -0.15) is 0 Å². The van der Waals surface area contributed by atoms with Crippen molar-refractivity contribution in [1.29, 1.82) is 0 Å². The van der Waals surface area contributed by atoms with Gasteiger partial charge in [-0.05, 0) is 30.9 Å². The molecule has 0 aliphatic carbocycles. The molecule has 2 atom stereocenters. The Kier molecular flexibility index (Phi) is 4.36. The molecule has 0 bridgehead atoms. The van der Waals surface area contributed by atoms with Gasteiger partial charge in [0.25, 0.3) is 0 Å². The van der Waals surface area contributed by atoms with Gasteiger partial charge in [0.2, 0.25) is 0 Å². The first kappa shape index (κ1) is 13.5. The molecule has 4 heteroatoms. The van der Waals surface area contributed by atoms with Crippen LogP contribution in [0.5, 0.6) is 11.5 Å². The molecule has 1 aliphatic heterocycles. The normalized spacial score (nSPS) is 21.8. The summed E-state index contributed by atoms with van der Waals surface area (Å²) >= 11 is 6.07. The van der Waals surface area contributed by atoms with Crippen LogP contribution in [0, 0.1) is 0 Å². The smallest absolute Gasteiger partial charge is 0.137 e. The predicted molar refractivity (Wildman–Crippen MR) is 71.8 cm³/mol. The molecule has 1 heterocycles. The SMILES string of the molecule is CCC1OC1CCc1cc(OC)c(Cl)cc1OC. The van der Waals surface area contributed by atoms with Crippen molar-refractivity contribution in [1.82, 2.24) is 0 Å². The van der Waals surface area contributed by atoms with Crippen LogP contribution in [-0.2, 0) is 11.2 Å². The molecule has 0 spiro atoms. The minimum Gasteiger partial charge on any atom is -0.496 e. The summed E-state index contributed by atoms with van der Waals surface area (Å²) < 4.78 is 16.1. The molecule has 1 aromatic carbocycles. The number of ether oxygens (including phenoxy) is 3. The maximum Gasteiger partial charge on any atom is 0.137 e. The van der Waals surface area contributed by atoms with Crippen LogP contribution in [0.2, 0.25) is 5.02 Å². The molecule has 1 saturated heterocycles. The molecule has 1 fully saturated rings. The zero-order valence-corrected chi connectivity index (χ0v) is 11.8. The van der Waals surface area contributed by atoms with E-state index >= 15 is 0 Å². The van der Waals surface area contributed by atoms with Crippen molar-refractivity contribution in [3.8, 4) is 11.5 Å². The molecule has 0 aromatic heterocycles. The molecular weight excluding hydrogens is 252 g/mol. The molecule has 1 aromatic rings. The third-order valence-electron chi connectivity index (χ3n) is 3.34. The summed E-state index contributed by atoms with van der Waals surface area (Å²) in [4.78, 5) is 0. The van der Waals surface area contributed by atoms with Crippen LogP contribution in [0.15, 0.2) is 12.1 Å². The van der Waals surface area contributed by atoms with Crippen LogP contribution in [0.1, 0.15) is 25.3 Å². The lowest BCUT2D eigenvalue weighted by molar-refractivity contribution is 0.358. The number of epoxide rings is 1.